The average molecular weight is 536 g/mol. The molecule has 0 amide bonds. The van der Waals surface area contributed by atoms with Crippen LogP contribution in [0.25, 0.3) is 0 Å². The Hall–Kier alpha value is -3.63. The fourth-order valence-electron chi connectivity index (χ4n) is 6.28. The first-order chi connectivity index (χ1) is 18.8. The molecule has 0 aromatic heterocycles. The molecular formula is C30H33NO8. The van der Waals surface area contributed by atoms with Gasteiger partial charge in [-0.1, -0.05) is 42.5 Å². The predicted octanol–water partition coefficient (Wildman–Crippen LogP) is 2.64. The summed E-state index contributed by atoms with van der Waals surface area (Å²) in [6.07, 6.45) is -0.251. The molecule has 6 N–H and O–H groups in total. The third kappa shape index (κ3) is 4.04. The van der Waals surface area contributed by atoms with Crippen LogP contribution >= 0.6 is 0 Å². The Labute approximate surface area is 226 Å². The van der Waals surface area contributed by atoms with Gasteiger partial charge in [-0.25, -0.2) is 0 Å². The molecule has 0 radical (unpaired) electrons. The van der Waals surface area contributed by atoms with Gasteiger partial charge in [0.15, 0.2) is 11.2 Å². The summed E-state index contributed by atoms with van der Waals surface area (Å²) < 4.78 is 17.9. The van der Waals surface area contributed by atoms with E-state index in [2.05, 4.69) is 0 Å². The number of aliphatic hydroxyl groups is 3. The molecule has 1 aliphatic carbocycles. The number of carboxylic acid groups (broad SMARTS) is 1. The third-order valence-electron chi connectivity index (χ3n) is 7.94. The third-order valence-corrected chi connectivity index (χ3v) is 7.94. The van der Waals surface area contributed by atoms with Gasteiger partial charge in [0.1, 0.15) is 23.4 Å². The van der Waals surface area contributed by atoms with Gasteiger partial charge in [-0.3, -0.25) is 4.79 Å². The van der Waals surface area contributed by atoms with E-state index in [1.165, 1.54) is 7.11 Å². The van der Waals surface area contributed by atoms with Crippen LogP contribution in [-0.2, 0) is 22.6 Å². The van der Waals surface area contributed by atoms with E-state index in [1.54, 1.807) is 66.7 Å². The Kier molecular flexibility index (Phi) is 7.26. The van der Waals surface area contributed by atoms with E-state index in [4.69, 9.17) is 19.9 Å². The molecule has 0 spiro atoms. The molecule has 0 bridgehead atoms. The topological polar surface area (TPSA) is 152 Å². The molecule has 3 aromatic carbocycles. The minimum Gasteiger partial charge on any atom is -0.497 e. The average Bonchev–Trinajstić information content (AvgIpc) is 3.33. The van der Waals surface area contributed by atoms with Crippen molar-refractivity contribution in [2.45, 2.75) is 42.7 Å². The molecule has 39 heavy (non-hydrogen) atoms. The van der Waals surface area contributed by atoms with Gasteiger partial charge in [0.25, 0.3) is 0 Å². The van der Waals surface area contributed by atoms with Crippen molar-refractivity contribution in [2.75, 3.05) is 20.3 Å². The van der Waals surface area contributed by atoms with Crippen molar-refractivity contribution in [3.63, 3.8) is 0 Å². The molecule has 3 aromatic rings. The number of ether oxygens (including phenoxy) is 3. The maximum Gasteiger partial charge on any atom is 0.310 e. The zero-order valence-electron chi connectivity index (χ0n) is 21.6. The van der Waals surface area contributed by atoms with Crippen LogP contribution in [0, 0.1) is 5.92 Å². The lowest BCUT2D eigenvalue weighted by Crippen LogP contribution is -2.52. The highest BCUT2D eigenvalue weighted by Gasteiger charge is 2.77. The van der Waals surface area contributed by atoms with Gasteiger partial charge in [0.2, 0.25) is 0 Å². The van der Waals surface area contributed by atoms with Crippen LogP contribution in [0.4, 0.5) is 0 Å². The van der Waals surface area contributed by atoms with Gasteiger partial charge in [0, 0.05) is 17.5 Å². The van der Waals surface area contributed by atoms with E-state index in [-0.39, 0.29) is 16.9 Å². The molecule has 1 fully saturated rings. The molecule has 9 heteroatoms. The van der Waals surface area contributed by atoms with Crippen molar-refractivity contribution in [3.8, 4) is 17.2 Å². The fraction of sp³-hybridized carbons (Fsp3) is 0.367. The highest BCUT2D eigenvalue weighted by atomic mass is 16.5. The number of fused-ring (bicyclic) bond motifs is 3. The van der Waals surface area contributed by atoms with Crippen LogP contribution in [-0.4, -0.2) is 52.8 Å². The van der Waals surface area contributed by atoms with E-state index in [1.807, 2.05) is 0 Å². The molecule has 0 saturated heterocycles. The number of carbonyl (C=O) groups is 1. The summed E-state index contributed by atoms with van der Waals surface area (Å²) in [6, 6.07) is 18.9. The lowest BCUT2D eigenvalue weighted by atomic mass is 9.70. The van der Waals surface area contributed by atoms with Crippen molar-refractivity contribution in [1.82, 2.24) is 0 Å². The number of methoxy groups -OCH3 is 1. The standard InChI is InChI=1S/C30H33NO8/c1-37-21-11-9-20(10-12-21)30-26(18-7-3-2-4-8-18)24(28(34)35)27(33)29(30,36)25-19(17-32)15-22(16-23(25)39-30)38-14-6-5-13-31/h2-4,7-12,15-16,24,26-27,32-33,36H,5-6,13-14,17,31H2,1H3,(H,34,35)/t24-,26-,27-,29+,30+/m0/s1. The number of rotatable bonds is 10. The van der Waals surface area contributed by atoms with Gasteiger partial charge < -0.3 is 40.4 Å². The van der Waals surface area contributed by atoms with Gasteiger partial charge in [-0.05, 0) is 54.3 Å². The summed E-state index contributed by atoms with van der Waals surface area (Å²) in [5, 5.41) is 45.1. The van der Waals surface area contributed by atoms with Crippen molar-refractivity contribution < 1.29 is 39.4 Å². The number of hydrogen-bond acceptors (Lipinski definition) is 8. The van der Waals surface area contributed by atoms with E-state index in [9.17, 15) is 25.2 Å². The molecule has 206 valence electrons. The normalized spacial score (nSPS) is 26.9. The molecule has 1 aliphatic heterocycles. The monoisotopic (exact) mass is 535 g/mol. The number of aliphatic hydroxyl groups excluding tert-OH is 2. The fourth-order valence-corrected chi connectivity index (χ4v) is 6.28. The number of benzene rings is 3. The molecule has 1 heterocycles. The summed E-state index contributed by atoms with van der Waals surface area (Å²) in [4.78, 5) is 12.7. The largest absolute Gasteiger partial charge is 0.497 e. The first kappa shape index (κ1) is 27.0. The Morgan fingerprint density at radius 1 is 1.05 bits per heavy atom. The van der Waals surface area contributed by atoms with Crippen LogP contribution in [0.5, 0.6) is 17.2 Å². The Morgan fingerprint density at radius 2 is 1.77 bits per heavy atom. The van der Waals surface area contributed by atoms with Crippen LogP contribution in [0.2, 0.25) is 0 Å². The summed E-state index contributed by atoms with van der Waals surface area (Å²) in [7, 11) is 1.53. The highest BCUT2D eigenvalue weighted by Crippen LogP contribution is 2.69. The molecule has 5 rings (SSSR count). The van der Waals surface area contributed by atoms with E-state index >= 15 is 0 Å². The summed E-state index contributed by atoms with van der Waals surface area (Å²) in [6.45, 7) is 0.442. The zero-order valence-corrected chi connectivity index (χ0v) is 21.6. The maximum absolute atomic E-state index is 12.7. The molecule has 0 unspecified atom stereocenters. The van der Waals surface area contributed by atoms with Gasteiger partial charge >= 0.3 is 5.97 Å². The first-order valence-electron chi connectivity index (χ1n) is 13.0. The summed E-state index contributed by atoms with van der Waals surface area (Å²) in [5.41, 5.74) is 3.04. The van der Waals surface area contributed by atoms with Crippen LogP contribution in [0.15, 0.2) is 66.7 Å². The molecule has 2 aliphatic rings. The summed E-state index contributed by atoms with van der Waals surface area (Å²) in [5.74, 6) is -2.52. The smallest absolute Gasteiger partial charge is 0.310 e. The number of unbranched alkanes of at least 4 members (excludes halogenated alkanes) is 1. The number of aliphatic carboxylic acids is 1. The van der Waals surface area contributed by atoms with E-state index in [0.29, 0.717) is 35.8 Å². The Balaban J connectivity index is 1.76. The minimum atomic E-state index is -2.23. The van der Waals surface area contributed by atoms with Gasteiger partial charge in [-0.15, -0.1) is 0 Å². The second kappa shape index (κ2) is 10.5. The number of carboxylic acids is 1. The zero-order chi connectivity index (χ0) is 27.8. The molecule has 1 saturated carbocycles. The van der Waals surface area contributed by atoms with Crippen LogP contribution < -0.4 is 19.9 Å². The van der Waals surface area contributed by atoms with Crippen molar-refractivity contribution >= 4 is 5.97 Å². The lowest BCUT2D eigenvalue weighted by Gasteiger charge is -2.41. The van der Waals surface area contributed by atoms with Crippen LogP contribution in [0.3, 0.4) is 0 Å². The van der Waals surface area contributed by atoms with Crippen LogP contribution in [0.1, 0.15) is 41.0 Å². The van der Waals surface area contributed by atoms with Crippen molar-refractivity contribution in [1.29, 1.82) is 0 Å². The maximum atomic E-state index is 12.7. The minimum absolute atomic E-state index is 0.146. The summed E-state index contributed by atoms with van der Waals surface area (Å²) >= 11 is 0. The molecule has 5 atom stereocenters. The predicted molar refractivity (Wildman–Crippen MR) is 142 cm³/mol. The highest BCUT2D eigenvalue weighted by molar-refractivity contribution is 5.76. The van der Waals surface area contributed by atoms with E-state index in [0.717, 1.165) is 12.8 Å². The lowest BCUT2D eigenvalue weighted by molar-refractivity contribution is -0.159. The van der Waals surface area contributed by atoms with Crippen molar-refractivity contribution in [2.24, 2.45) is 11.7 Å². The number of nitrogens with two attached hydrogens (primary N) is 1. The number of hydrogen-bond donors (Lipinski definition) is 5. The first-order valence-corrected chi connectivity index (χ1v) is 13.0. The molecular weight excluding hydrogens is 502 g/mol. The van der Waals surface area contributed by atoms with Crippen molar-refractivity contribution in [3.05, 3.63) is 89.0 Å². The van der Waals surface area contributed by atoms with Gasteiger partial charge in [0.05, 0.1) is 26.2 Å². The SMILES string of the molecule is COc1ccc([C@]23Oc4cc(OCCCCN)cc(CO)c4[C@@]2(O)[C@@H](O)[C@@H](C(=O)O)[C@@H]3c2ccccc2)cc1. The van der Waals surface area contributed by atoms with E-state index < -0.39 is 41.7 Å². The quantitative estimate of drug-likeness (QED) is 0.247. The second-order valence-electron chi connectivity index (χ2n) is 9.99. The second-order valence-corrected chi connectivity index (χ2v) is 9.99. The Morgan fingerprint density at radius 3 is 2.38 bits per heavy atom. The Bertz CT molecular complexity index is 1330. The molecule has 9 nitrogen and oxygen atoms in total. The van der Waals surface area contributed by atoms with Gasteiger partial charge in [-0.2, -0.15) is 0 Å².